The molecule has 0 saturated heterocycles. The van der Waals surface area contributed by atoms with Gasteiger partial charge in [-0.1, -0.05) is 35.4 Å². The maximum atomic E-state index is 12.4. The second-order valence-electron chi connectivity index (χ2n) is 6.73. The lowest BCUT2D eigenvalue weighted by atomic mass is 10.1. The molecule has 0 aliphatic rings. The highest BCUT2D eigenvalue weighted by Gasteiger charge is 2.17. The first-order valence-corrected chi connectivity index (χ1v) is 9.06. The summed E-state index contributed by atoms with van der Waals surface area (Å²) in [5.74, 6) is -1.12. The van der Waals surface area contributed by atoms with Gasteiger partial charge < -0.3 is 9.47 Å². The molecule has 0 aliphatic carbocycles. The number of benzene rings is 3. The molecule has 3 aromatic rings. The van der Waals surface area contributed by atoms with Crippen LogP contribution in [0.3, 0.4) is 0 Å². The van der Waals surface area contributed by atoms with E-state index in [9.17, 15) is 14.4 Å². The fraction of sp³-hybridized carbons (Fsp3) is 0.125. The zero-order valence-corrected chi connectivity index (χ0v) is 16.4. The van der Waals surface area contributed by atoms with E-state index < -0.39 is 11.9 Å². The highest BCUT2D eigenvalue weighted by Crippen LogP contribution is 2.26. The third-order valence-corrected chi connectivity index (χ3v) is 4.25. The first-order valence-electron chi connectivity index (χ1n) is 9.06. The molecule has 0 saturated carbocycles. The third-order valence-electron chi connectivity index (χ3n) is 4.25. The van der Waals surface area contributed by atoms with Gasteiger partial charge in [0.05, 0.1) is 16.7 Å². The van der Waals surface area contributed by atoms with Crippen LogP contribution in [0.15, 0.2) is 66.7 Å². The predicted molar refractivity (Wildman–Crippen MR) is 109 cm³/mol. The van der Waals surface area contributed by atoms with E-state index >= 15 is 0 Å². The third kappa shape index (κ3) is 4.96. The maximum Gasteiger partial charge on any atom is 0.343 e. The molecular formula is C24H20O5. The molecule has 0 amide bonds. The number of carbonyl (C=O) groups excluding carboxylic acids is 3. The number of esters is 2. The molecule has 5 heteroatoms. The van der Waals surface area contributed by atoms with Crippen LogP contribution >= 0.6 is 0 Å². The monoisotopic (exact) mass is 388 g/mol. The Hall–Kier alpha value is -3.73. The van der Waals surface area contributed by atoms with Crippen molar-refractivity contribution in [3.8, 4) is 11.5 Å². The number of hydrogen-bond acceptors (Lipinski definition) is 5. The molecule has 5 nitrogen and oxygen atoms in total. The zero-order valence-electron chi connectivity index (χ0n) is 16.4. The molecule has 0 atom stereocenters. The molecule has 0 heterocycles. The summed E-state index contributed by atoms with van der Waals surface area (Å²) in [5.41, 5.74) is 2.80. The van der Waals surface area contributed by atoms with Crippen LogP contribution in [0.1, 0.15) is 49.1 Å². The lowest BCUT2D eigenvalue weighted by Gasteiger charge is -2.11. The molecule has 29 heavy (non-hydrogen) atoms. The minimum absolute atomic E-state index is 0.111. The van der Waals surface area contributed by atoms with Gasteiger partial charge in [0.25, 0.3) is 0 Å². The van der Waals surface area contributed by atoms with Crippen LogP contribution in [-0.4, -0.2) is 17.7 Å². The normalized spacial score (nSPS) is 10.3. The summed E-state index contributed by atoms with van der Waals surface area (Å²) in [6.45, 7) is 5.10. The minimum atomic E-state index is -0.569. The second-order valence-corrected chi connectivity index (χ2v) is 6.73. The quantitative estimate of drug-likeness (QED) is 0.352. The van der Waals surface area contributed by atoms with Crippen molar-refractivity contribution in [1.82, 2.24) is 0 Å². The average Bonchev–Trinajstić information content (AvgIpc) is 2.69. The van der Waals surface area contributed by atoms with Crippen LogP contribution in [0.25, 0.3) is 0 Å². The maximum absolute atomic E-state index is 12.4. The summed E-state index contributed by atoms with van der Waals surface area (Å²) >= 11 is 0. The topological polar surface area (TPSA) is 69.7 Å². The number of aryl methyl sites for hydroxylation is 2. The summed E-state index contributed by atoms with van der Waals surface area (Å²) in [6.07, 6.45) is 0. The molecular weight excluding hydrogens is 368 g/mol. The van der Waals surface area contributed by atoms with E-state index in [1.54, 1.807) is 36.4 Å². The predicted octanol–water partition coefficient (Wildman–Crippen LogP) is 4.94. The van der Waals surface area contributed by atoms with Crippen molar-refractivity contribution in [3.05, 3.63) is 94.5 Å². The molecule has 3 rings (SSSR count). The fourth-order valence-electron chi connectivity index (χ4n) is 2.81. The van der Waals surface area contributed by atoms with Gasteiger partial charge in [-0.25, -0.2) is 9.59 Å². The number of Topliss-reactive ketones (excluding diaryl/α,β-unsaturated/α-hetero) is 1. The summed E-state index contributed by atoms with van der Waals surface area (Å²) in [4.78, 5) is 36.8. The molecule has 0 bridgehead atoms. The molecule has 0 radical (unpaired) electrons. The lowest BCUT2D eigenvalue weighted by Crippen LogP contribution is -2.12. The van der Waals surface area contributed by atoms with E-state index in [4.69, 9.17) is 9.47 Å². The summed E-state index contributed by atoms with van der Waals surface area (Å²) in [6, 6.07) is 18.3. The van der Waals surface area contributed by atoms with Crippen molar-refractivity contribution >= 4 is 17.7 Å². The smallest absolute Gasteiger partial charge is 0.343 e. The Morgan fingerprint density at radius 3 is 1.76 bits per heavy atom. The highest BCUT2D eigenvalue weighted by molar-refractivity contribution is 5.99. The van der Waals surface area contributed by atoms with Crippen molar-refractivity contribution in [2.24, 2.45) is 0 Å². The van der Waals surface area contributed by atoms with Crippen molar-refractivity contribution in [2.45, 2.75) is 20.8 Å². The number of hydrogen-bond donors (Lipinski definition) is 0. The largest absolute Gasteiger partial charge is 0.423 e. The Balaban J connectivity index is 1.82. The van der Waals surface area contributed by atoms with Gasteiger partial charge in [0.2, 0.25) is 0 Å². The van der Waals surface area contributed by atoms with Crippen LogP contribution in [-0.2, 0) is 0 Å². The number of carbonyl (C=O) groups is 3. The Morgan fingerprint density at radius 1 is 0.690 bits per heavy atom. The zero-order chi connectivity index (χ0) is 21.0. The van der Waals surface area contributed by atoms with Crippen molar-refractivity contribution in [3.63, 3.8) is 0 Å². The standard InChI is InChI=1S/C24H20O5/c1-15-6-4-8-18(12-15)23(26)28-20-10-11-22(21(14-20)17(3)25)29-24(27)19-9-5-7-16(2)13-19/h4-14H,1-3H3. The molecule has 0 N–H and O–H groups in total. The van der Waals surface area contributed by atoms with Crippen LogP contribution in [0, 0.1) is 13.8 Å². The summed E-state index contributed by atoms with van der Waals surface area (Å²) in [7, 11) is 0. The Bertz CT molecular complexity index is 1100. The van der Waals surface area contributed by atoms with Gasteiger partial charge in [0.1, 0.15) is 11.5 Å². The Kier molecular flexibility index (Phi) is 5.88. The van der Waals surface area contributed by atoms with Gasteiger partial charge in [-0.05, 0) is 63.2 Å². The van der Waals surface area contributed by atoms with Crippen LogP contribution in [0.5, 0.6) is 11.5 Å². The summed E-state index contributed by atoms with van der Waals surface area (Å²) in [5, 5.41) is 0. The molecule has 3 aromatic carbocycles. The molecule has 0 fully saturated rings. The second kappa shape index (κ2) is 8.52. The van der Waals surface area contributed by atoms with Crippen LogP contribution in [0.4, 0.5) is 0 Å². The fourth-order valence-corrected chi connectivity index (χ4v) is 2.81. The first kappa shape index (κ1) is 20.0. The Labute approximate surface area is 168 Å². The molecule has 0 unspecified atom stereocenters. The van der Waals surface area contributed by atoms with Gasteiger partial charge >= 0.3 is 11.9 Å². The highest BCUT2D eigenvalue weighted by atomic mass is 16.5. The van der Waals surface area contributed by atoms with E-state index in [0.717, 1.165) is 11.1 Å². The molecule has 146 valence electrons. The molecule has 0 aromatic heterocycles. The first-order chi connectivity index (χ1) is 13.8. The van der Waals surface area contributed by atoms with Crippen molar-refractivity contribution < 1.29 is 23.9 Å². The Morgan fingerprint density at radius 2 is 1.24 bits per heavy atom. The van der Waals surface area contributed by atoms with E-state index in [-0.39, 0.29) is 22.8 Å². The van der Waals surface area contributed by atoms with E-state index in [1.165, 1.54) is 25.1 Å². The van der Waals surface area contributed by atoms with Gasteiger partial charge in [-0.15, -0.1) is 0 Å². The summed E-state index contributed by atoms with van der Waals surface area (Å²) < 4.78 is 10.8. The van der Waals surface area contributed by atoms with E-state index in [1.807, 2.05) is 26.0 Å². The van der Waals surface area contributed by atoms with Gasteiger partial charge in [0.15, 0.2) is 5.78 Å². The minimum Gasteiger partial charge on any atom is -0.423 e. The van der Waals surface area contributed by atoms with Gasteiger partial charge in [-0.3, -0.25) is 4.79 Å². The number of rotatable bonds is 5. The van der Waals surface area contributed by atoms with E-state index in [0.29, 0.717) is 11.1 Å². The number of ether oxygens (including phenoxy) is 2. The van der Waals surface area contributed by atoms with Crippen molar-refractivity contribution in [1.29, 1.82) is 0 Å². The molecule has 0 spiro atoms. The number of ketones is 1. The lowest BCUT2D eigenvalue weighted by molar-refractivity contribution is 0.0716. The van der Waals surface area contributed by atoms with Crippen molar-refractivity contribution in [2.75, 3.05) is 0 Å². The van der Waals surface area contributed by atoms with Gasteiger partial charge in [0, 0.05) is 0 Å². The van der Waals surface area contributed by atoms with Crippen LogP contribution in [0.2, 0.25) is 0 Å². The average molecular weight is 388 g/mol. The van der Waals surface area contributed by atoms with Crippen LogP contribution < -0.4 is 9.47 Å². The molecule has 0 aliphatic heterocycles. The van der Waals surface area contributed by atoms with Gasteiger partial charge in [-0.2, -0.15) is 0 Å². The SMILES string of the molecule is CC(=O)c1cc(OC(=O)c2cccc(C)c2)ccc1OC(=O)c1cccc(C)c1. The van der Waals surface area contributed by atoms with E-state index in [2.05, 4.69) is 0 Å².